The van der Waals surface area contributed by atoms with Crippen molar-refractivity contribution in [1.82, 2.24) is 19.7 Å². The summed E-state index contributed by atoms with van der Waals surface area (Å²) >= 11 is 0. The Bertz CT molecular complexity index is 375. The van der Waals surface area contributed by atoms with E-state index in [0.717, 1.165) is 25.3 Å². The van der Waals surface area contributed by atoms with Crippen LogP contribution in [0.3, 0.4) is 0 Å². The molecule has 0 aromatic carbocycles. The SMILES string of the molecule is CC(O)CC1CCCN1Cc1ncnn1C(C)C. The van der Waals surface area contributed by atoms with Gasteiger partial charge in [0.2, 0.25) is 0 Å². The Hall–Kier alpha value is -0.940. The Morgan fingerprint density at radius 1 is 1.44 bits per heavy atom. The van der Waals surface area contributed by atoms with Crippen LogP contribution in [-0.2, 0) is 6.54 Å². The third-order valence-corrected chi connectivity index (χ3v) is 3.59. The number of hydrogen-bond acceptors (Lipinski definition) is 4. The molecule has 1 aromatic rings. The summed E-state index contributed by atoms with van der Waals surface area (Å²) in [6, 6.07) is 0.836. The first-order valence-corrected chi connectivity index (χ1v) is 6.88. The minimum Gasteiger partial charge on any atom is -0.393 e. The van der Waals surface area contributed by atoms with Crippen LogP contribution in [0.25, 0.3) is 0 Å². The normalized spacial score (nSPS) is 22.8. The number of aromatic nitrogens is 3. The fourth-order valence-corrected chi connectivity index (χ4v) is 2.76. The molecule has 18 heavy (non-hydrogen) atoms. The molecule has 0 aliphatic carbocycles. The Morgan fingerprint density at radius 2 is 2.22 bits per heavy atom. The van der Waals surface area contributed by atoms with E-state index in [1.165, 1.54) is 12.8 Å². The number of aliphatic hydroxyl groups excluding tert-OH is 1. The lowest BCUT2D eigenvalue weighted by Gasteiger charge is -2.25. The van der Waals surface area contributed by atoms with E-state index in [9.17, 15) is 5.11 Å². The molecule has 0 amide bonds. The predicted molar refractivity (Wildman–Crippen MR) is 70.1 cm³/mol. The maximum atomic E-state index is 9.54. The molecule has 102 valence electrons. The lowest BCUT2D eigenvalue weighted by atomic mass is 10.1. The van der Waals surface area contributed by atoms with Crippen LogP contribution in [0.2, 0.25) is 0 Å². The summed E-state index contributed by atoms with van der Waals surface area (Å²) in [4.78, 5) is 6.79. The number of aliphatic hydroxyl groups is 1. The Morgan fingerprint density at radius 3 is 2.89 bits per heavy atom. The molecule has 1 aliphatic heterocycles. The van der Waals surface area contributed by atoms with E-state index in [-0.39, 0.29) is 6.10 Å². The van der Waals surface area contributed by atoms with Gasteiger partial charge in [-0.3, -0.25) is 4.90 Å². The molecule has 1 saturated heterocycles. The van der Waals surface area contributed by atoms with Gasteiger partial charge in [-0.15, -0.1) is 0 Å². The van der Waals surface area contributed by atoms with Gasteiger partial charge in [-0.05, 0) is 46.6 Å². The van der Waals surface area contributed by atoms with Gasteiger partial charge >= 0.3 is 0 Å². The molecule has 1 aliphatic rings. The van der Waals surface area contributed by atoms with Gasteiger partial charge < -0.3 is 5.11 Å². The highest BCUT2D eigenvalue weighted by atomic mass is 16.3. The van der Waals surface area contributed by atoms with Crippen LogP contribution in [0.4, 0.5) is 0 Å². The monoisotopic (exact) mass is 252 g/mol. The van der Waals surface area contributed by atoms with Crippen LogP contribution in [0.5, 0.6) is 0 Å². The van der Waals surface area contributed by atoms with Crippen molar-refractivity contribution in [3.05, 3.63) is 12.2 Å². The van der Waals surface area contributed by atoms with Crippen LogP contribution in [0, 0.1) is 0 Å². The third-order valence-electron chi connectivity index (χ3n) is 3.59. The second-order valence-corrected chi connectivity index (χ2v) is 5.57. The summed E-state index contributed by atoms with van der Waals surface area (Å²) < 4.78 is 1.98. The van der Waals surface area contributed by atoms with E-state index in [4.69, 9.17) is 0 Å². The number of nitrogens with zero attached hydrogens (tertiary/aromatic N) is 4. The maximum Gasteiger partial charge on any atom is 0.141 e. The van der Waals surface area contributed by atoms with E-state index in [2.05, 4.69) is 28.8 Å². The molecule has 0 bridgehead atoms. The smallest absolute Gasteiger partial charge is 0.141 e. The molecular formula is C13H24N4O. The average Bonchev–Trinajstić information content (AvgIpc) is 2.88. The van der Waals surface area contributed by atoms with Crippen LogP contribution in [0.1, 0.15) is 51.9 Å². The van der Waals surface area contributed by atoms with Crippen LogP contribution in [0.15, 0.2) is 6.33 Å². The molecular weight excluding hydrogens is 228 g/mol. The molecule has 1 N–H and O–H groups in total. The van der Waals surface area contributed by atoms with Gasteiger partial charge in [0.25, 0.3) is 0 Å². The molecule has 0 radical (unpaired) electrons. The van der Waals surface area contributed by atoms with Crippen molar-refractivity contribution >= 4 is 0 Å². The Labute approximate surface area is 109 Å². The topological polar surface area (TPSA) is 54.2 Å². The molecule has 1 fully saturated rings. The largest absolute Gasteiger partial charge is 0.393 e. The zero-order valence-electron chi connectivity index (χ0n) is 11.6. The molecule has 0 spiro atoms. The van der Waals surface area contributed by atoms with E-state index >= 15 is 0 Å². The minimum absolute atomic E-state index is 0.224. The summed E-state index contributed by atoms with van der Waals surface area (Å²) in [6.45, 7) is 8.05. The van der Waals surface area contributed by atoms with Crippen molar-refractivity contribution < 1.29 is 5.11 Å². The van der Waals surface area contributed by atoms with E-state index in [0.29, 0.717) is 12.1 Å². The predicted octanol–water partition coefficient (Wildman–Crippen LogP) is 1.59. The average molecular weight is 252 g/mol. The van der Waals surface area contributed by atoms with Crippen molar-refractivity contribution in [3.63, 3.8) is 0 Å². The van der Waals surface area contributed by atoms with Crippen molar-refractivity contribution in [3.8, 4) is 0 Å². The Balaban J connectivity index is 2.01. The number of rotatable bonds is 5. The van der Waals surface area contributed by atoms with Gasteiger partial charge in [0.05, 0.1) is 12.6 Å². The van der Waals surface area contributed by atoms with Gasteiger partial charge in [-0.25, -0.2) is 9.67 Å². The molecule has 5 nitrogen and oxygen atoms in total. The van der Waals surface area contributed by atoms with Crippen LogP contribution < -0.4 is 0 Å². The molecule has 5 heteroatoms. The lowest BCUT2D eigenvalue weighted by molar-refractivity contribution is 0.128. The molecule has 2 atom stereocenters. The maximum absolute atomic E-state index is 9.54. The molecule has 2 rings (SSSR count). The van der Waals surface area contributed by atoms with Gasteiger partial charge in [-0.2, -0.15) is 5.10 Å². The highest BCUT2D eigenvalue weighted by molar-refractivity contribution is 4.90. The fourth-order valence-electron chi connectivity index (χ4n) is 2.76. The molecule has 2 heterocycles. The van der Waals surface area contributed by atoms with E-state index < -0.39 is 0 Å². The molecule has 0 saturated carbocycles. The molecule has 1 aromatic heterocycles. The van der Waals surface area contributed by atoms with Crippen LogP contribution >= 0.6 is 0 Å². The van der Waals surface area contributed by atoms with Crippen molar-refractivity contribution in [2.24, 2.45) is 0 Å². The van der Waals surface area contributed by atoms with Crippen LogP contribution in [-0.4, -0.2) is 43.5 Å². The Kier molecular flexibility index (Phi) is 4.35. The minimum atomic E-state index is -0.224. The molecule has 2 unspecified atom stereocenters. The second-order valence-electron chi connectivity index (χ2n) is 5.57. The van der Waals surface area contributed by atoms with Gasteiger partial charge in [0, 0.05) is 12.1 Å². The van der Waals surface area contributed by atoms with Crippen molar-refractivity contribution in [2.75, 3.05) is 6.54 Å². The first-order chi connectivity index (χ1) is 8.58. The summed E-state index contributed by atoms with van der Waals surface area (Å²) in [6.07, 6.45) is 4.66. The van der Waals surface area contributed by atoms with Gasteiger partial charge in [0.15, 0.2) is 0 Å². The zero-order chi connectivity index (χ0) is 13.1. The number of hydrogen-bond donors (Lipinski definition) is 1. The second kappa shape index (κ2) is 5.80. The van der Waals surface area contributed by atoms with Gasteiger partial charge in [-0.1, -0.05) is 0 Å². The van der Waals surface area contributed by atoms with E-state index in [1.54, 1.807) is 6.33 Å². The lowest BCUT2D eigenvalue weighted by Crippen LogP contribution is -2.32. The first kappa shape index (κ1) is 13.5. The quantitative estimate of drug-likeness (QED) is 0.864. The summed E-state index contributed by atoms with van der Waals surface area (Å²) in [7, 11) is 0. The van der Waals surface area contributed by atoms with Gasteiger partial charge in [0.1, 0.15) is 12.2 Å². The fraction of sp³-hybridized carbons (Fsp3) is 0.846. The zero-order valence-corrected chi connectivity index (χ0v) is 11.6. The summed E-state index contributed by atoms with van der Waals surface area (Å²) in [5.74, 6) is 1.03. The number of likely N-dealkylation sites (tertiary alicyclic amines) is 1. The third kappa shape index (κ3) is 3.09. The van der Waals surface area contributed by atoms with Crippen molar-refractivity contribution in [1.29, 1.82) is 0 Å². The highest BCUT2D eigenvalue weighted by Gasteiger charge is 2.26. The van der Waals surface area contributed by atoms with E-state index in [1.807, 2.05) is 11.6 Å². The summed E-state index contributed by atoms with van der Waals surface area (Å²) in [5.41, 5.74) is 0. The highest BCUT2D eigenvalue weighted by Crippen LogP contribution is 2.23. The first-order valence-electron chi connectivity index (χ1n) is 6.88. The standard InChI is InChI=1S/C13H24N4O/c1-10(2)17-13(14-9-15-17)8-16-6-4-5-12(16)7-11(3)18/h9-12,18H,4-8H2,1-3H3. The van der Waals surface area contributed by atoms with Crippen molar-refractivity contribution in [2.45, 2.75) is 64.8 Å². The summed E-state index contributed by atoms with van der Waals surface area (Å²) in [5, 5.41) is 13.8.